The van der Waals surface area contributed by atoms with Crippen LogP contribution in [0.5, 0.6) is 0 Å². The minimum absolute atomic E-state index is 0.108. The van der Waals surface area contributed by atoms with E-state index in [0.29, 0.717) is 12.6 Å². The fourth-order valence-electron chi connectivity index (χ4n) is 0.450. The van der Waals surface area contributed by atoms with E-state index in [1.54, 1.807) is 0 Å². The lowest BCUT2D eigenvalue weighted by Gasteiger charge is -1.85. The van der Waals surface area contributed by atoms with Crippen molar-refractivity contribution in [2.24, 2.45) is 0 Å². The molecule has 0 saturated heterocycles. The smallest absolute Gasteiger partial charge is 0.170 e. The molecule has 0 bridgehead atoms. The Morgan fingerprint density at radius 1 is 1.10 bits per heavy atom. The quantitative estimate of drug-likeness (QED) is 0.513. The Kier molecular flexibility index (Phi) is 1.79. The first-order valence-electron chi connectivity index (χ1n) is 2.47. The third-order valence-electron chi connectivity index (χ3n) is 0.858. The first-order chi connectivity index (χ1) is 4.86. The standard InChI is InChI=1S/C5H3N3O2/c9-2-4-1-5(3-10)7-8-6-4/h1-3H. The molecule has 0 amide bonds. The minimum Gasteiger partial charge on any atom is -0.296 e. The summed E-state index contributed by atoms with van der Waals surface area (Å²) in [4.78, 5) is 20.1. The molecule has 0 atom stereocenters. The van der Waals surface area contributed by atoms with Crippen molar-refractivity contribution in [1.82, 2.24) is 15.4 Å². The highest BCUT2D eigenvalue weighted by Gasteiger charge is 1.95. The summed E-state index contributed by atoms with van der Waals surface area (Å²) in [6, 6.07) is 1.26. The molecular formula is C5H3N3O2. The average Bonchev–Trinajstić information content (AvgIpc) is 2.05. The van der Waals surface area contributed by atoms with E-state index < -0.39 is 0 Å². The largest absolute Gasteiger partial charge is 0.296 e. The predicted octanol–water partition coefficient (Wildman–Crippen LogP) is -0.503. The van der Waals surface area contributed by atoms with E-state index >= 15 is 0 Å². The van der Waals surface area contributed by atoms with Crippen LogP contribution in [0.4, 0.5) is 0 Å². The number of hydrogen-bond donors (Lipinski definition) is 0. The van der Waals surface area contributed by atoms with Crippen molar-refractivity contribution in [3.05, 3.63) is 17.5 Å². The Bertz CT molecular complexity index is 238. The second kappa shape index (κ2) is 2.77. The molecule has 0 radical (unpaired) electrons. The van der Waals surface area contributed by atoms with Crippen molar-refractivity contribution in [1.29, 1.82) is 0 Å². The van der Waals surface area contributed by atoms with Crippen molar-refractivity contribution >= 4 is 12.6 Å². The van der Waals surface area contributed by atoms with Crippen LogP contribution < -0.4 is 0 Å². The third kappa shape index (κ3) is 1.19. The highest BCUT2D eigenvalue weighted by Crippen LogP contribution is 1.88. The monoisotopic (exact) mass is 137 g/mol. The molecule has 1 aromatic rings. The van der Waals surface area contributed by atoms with Crippen LogP contribution >= 0.6 is 0 Å². The van der Waals surface area contributed by atoms with Gasteiger partial charge in [-0.1, -0.05) is 0 Å². The van der Waals surface area contributed by atoms with Crippen LogP contribution in [0.3, 0.4) is 0 Å². The molecule has 5 heteroatoms. The number of carbonyl (C=O) groups excluding carboxylic acids is 2. The van der Waals surface area contributed by atoms with E-state index in [1.807, 2.05) is 0 Å². The first kappa shape index (κ1) is 6.47. The van der Waals surface area contributed by atoms with Crippen LogP contribution in [-0.4, -0.2) is 28.0 Å². The maximum atomic E-state index is 10.0. The topological polar surface area (TPSA) is 72.8 Å². The van der Waals surface area contributed by atoms with Crippen LogP contribution in [0.1, 0.15) is 21.0 Å². The fourth-order valence-corrected chi connectivity index (χ4v) is 0.450. The molecule has 50 valence electrons. The molecule has 0 N–H and O–H groups in total. The molecule has 5 nitrogen and oxygen atoms in total. The summed E-state index contributed by atoms with van der Waals surface area (Å²) in [7, 11) is 0. The molecule has 0 fully saturated rings. The van der Waals surface area contributed by atoms with Crippen molar-refractivity contribution in [3.8, 4) is 0 Å². The Balaban J connectivity index is 3.09. The van der Waals surface area contributed by atoms with Crippen LogP contribution in [0.2, 0.25) is 0 Å². The zero-order chi connectivity index (χ0) is 7.40. The number of aromatic nitrogens is 3. The van der Waals surface area contributed by atoms with Gasteiger partial charge in [-0.3, -0.25) is 9.59 Å². The Morgan fingerprint density at radius 2 is 1.60 bits per heavy atom. The lowest BCUT2D eigenvalue weighted by atomic mass is 10.4. The lowest BCUT2D eigenvalue weighted by molar-refractivity contribution is 0.111. The van der Waals surface area contributed by atoms with Crippen LogP contribution in [0.15, 0.2) is 6.07 Å². The highest BCUT2D eigenvalue weighted by atomic mass is 16.1. The van der Waals surface area contributed by atoms with Gasteiger partial charge in [-0.15, -0.1) is 10.2 Å². The molecule has 0 aromatic carbocycles. The van der Waals surface area contributed by atoms with Gasteiger partial charge in [0.2, 0.25) is 0 Å². The van der Waals surface area contributed by atoms with Gasteiger partial charge in [0, 0.05) is 6.07 Å². The number of hydrogen-bond acceptors (Lipinski definition) is 5. The van der Waals surface area contributed by atoms with Gasteiger partial charge in [0.25, 0.3) is 0 Å². The normalized spacial score (nSPS) is 8.80. The van der Waals surface area contributed by atoms with E-state index in [4.69, 9.17) is 0 Å². The molecule has 0 unspecified atom stereocenters. The maximum Gasteiger partial charge on any atom is 0.170 e. The molecule has 0 aliphatic rings. The Hall–Kier alpha value is -1.65. The number of nitrogens with zero attached hydrogens (tertiary/aromatic N) is 3. The van der Waals surface area contributed by atoms with Gasteiger partial charge in [-0.25, -0.2) is 0 Å². The second-order valence-electron chi connectivity index (χ2n) is 1.52. The fraction of sp³-hybridized carbons (Fsp3) is 0. The minimum atomic E-state index is 0.108. The predicted molar refractivity (Wildman–Crippen MR) is 30.6 cm³/mol. The molecule has 10 heavy (non-hydrogen) atoms. The Morgan fingerprint density at radius 3 is 2.00 bits per heavy atom. The van der Waals surface area contributed by atoms with E-state index in [0.717, 1.165) is 0 Å². The van der Waals surface area contributed by atoms with Crippen LogP contribution in [0, 0.1) is 0 Å². The van der Waals surface area contributed by atoms with E-state index in [-0.39, 0.29) is 11.4 Å². The number of aldehydes is 2. The van der Waals surface area contributed by atoms with Gasteiger partial charge in [-0.2, -0.15) is 0 Å². The molecule has 1 heterocycles. The maximum absolute atomic E-state index is 10.0. The Labute approximate surface area is 56.1 Å². The summed E-state index contributed by atoms with van der Waals surface area (Å²) in [6.45, 7) is 0. The highest BCUT2D eigenvalue weighted by molar-refractivity contribution is 5.77. The van der Waals surface area contributed by atoms with Gasteiger partial charge >= 0.3 is 0 Å². The second-order valence-corrected chi connectivity index (χ2v) is 1.52. The number of carbonyl (C=O) groups is 2. The summed E-state index contributed by atoms with van der Waals surface area (Å²) >= 11 is 0. The van der Waals surface area contributed by atoms with E-state index in [9.17, 15) is 9.59 Å². The molecule has 0 spiro atoms. The molecular weight excluding hydrogens is 134 g/mol. The van der Waals surface area contributed by atoms with Gasteiger partial charge in [0.1, 0.15) is 11.4 Å². The van der Waals surface area contributed by atoms with Crippen LogP contribution in [0.25, 0.3) is 0 Å². The summed E-state index contributed by atoms with van der Waals surface area (Å²) in [6.07, 6.45) is 1.00. The average molecular weight is 137 g/mol. The van der Waals surface area contributed by atoms with Crippen molar-refractivity contribution in [2.45, 2.75) is 0 Å². The number of rotatable bonds is 2. The van der Waals surface area contributed by atoms with Gasteiger partial charge in [-0.05, 0) is 5.21 Å². The molecule has 0 saturated carbocycles. The summed E-state index contributed by atoms with van der Waals surface area (Å²) in [5.74, 6) is 0. The summed E-state index contributed by atoms with van der Waals surface area (Å²) in [5.41, 5.74) is 0.217. The SMILES string of the molecule is O=Cc1cc(C=O)nnn1. The van der Waals surface area contributed by atoms with Crippen molar-refractivity contribution < 1.29 is 9.59 Å². The third-order valence-corrected chi connectivity index (χ3v) is 0.858. The van der Waals surface area contributed by atoms with Gasteiger partial charge < -0.3 is 0 Å². The molecule has 1 rings (SSSR count). The lowest BCUT2D eigenvalue weighted by Crippen LogP contribution is -1.97. The van der Waals surface area contributed by atoms with Gasteiger partial charge in [0.15, 0.2) is 12.6 Å². The zero-order valence-electron chi connectivity index (χ0n) is 4.89. The van der Waals surface area contributed by atoms with Crippen LogP contribution in [-0.2, 0) is 0 Å². The van der Waals surface area contributed by atoms with Gasteiger partial charge in [0.05, 0.1) is 0 Å². The first-order valence-corrected chi connectivity index (χ1v) is 2.47. The van der Waals surface area contributed by atoms with Crippen molar-refractivity contribution in [3.63, 3.8) is 0 Å². The molecule has 0 aliphatic heterocycles. The summed E-state index contributed by atoms with van der Waals surface area (Å²) in [5, 5.41) is 9.80. The molecule has 0 aliphatic carbocycles. The molecule has 1 aromatic heterocycles. The summed E-state index contributed by atoms with van der Waals surface area (Å²) < 4.78 is 0. The van der Waals surface area contributed by atoms with Crippen molar-refractivity contribution in [2.75, 3.05) is 0 Å². The van der Waals surface area contributed by atoms with E-state index in [1.165, 1.54) is 6.07 Å². The zero-order valence-corrected chi connectivity index (χ0v) is 4.89. The van der Waals surface area contributed by atoms with E-state index in [2.05, 4.69) is 15.4 Å².